The molecule has 139 heavy (non-hydrogen) atoms. The van der Waals surface area contributed by atoms with Gasteiger partial charge in [0.05, 0.1) is 46.6 Å². The van der Waals surface area contributed by atoms with Gasteiger partial charge in [-0.25, -0.2) is 0 Å². The molecule has 24 nitrogen and oxygen atoms in total. The van der Waals surface area contributed by atoms with Gasteiger partial charge < -0.3 is 76.4 Å². The van der Waals surface area contributed by atoms with Crippen molar-refractivity contribution in [1.82, 2.24) is 116 Å². The number of benzene rings is 4. The Morgan fingerprint density at radius 3 is 1.09 bits per heavy atom. The zero-order chi connectivity index (χ0) is 91.1. The number of rotatable bonds is 6. The Morgan fingerprint density at radius 2 is 0.647 bits per heavy atom. The molecular formula is C111H94Ir4N24-8. The molecule has 28 rings (SSSR count). The molecule has 0 saturated heterocycles. The zero-order valence-corrected chi connectivity index (χ0v) is 86.6. The molecule has 0 amide bonds. The Morgan fingerprint density at radius 1 is 0.302 bits per heavy atom. The third kappa shape index (κ3) is 20.6. The van der Waals surface area contributed by atoms with Gasteiger partial charge in [0, 0.05) is 230 Å². The fraction of sp³-hybridized carbons (Fsp3) is 0.207. The van der Waals surface area contributed by atoms with Gasteiger partial charge in [-0.1, -0.05) is 211 Å². The van der Waals surface area contributed by atoms with Gasteiger partial charge in [-0.2, -0.15) is 0 Å². The van der Waals surface area contributed by atoms with Gasteiger partial charge in [-0.15, -0.1) is 94.0 Å². The quantitative estimate of drug-likeness (QED) is 0.140. The van der Waals surface area contributed by atoms with Crippen LogP contribution in [0.1, 0.15) is 94.2 Å². The van der Waals surface area contributed by atoms with Crippen molar-refractivity contribution in [1.29, 1.82) is 0 Å². The molecule has 702 valence electrons. The maximum atomic E-state index is 4.81. The molecular weight excluding hydrogens is 2440 g/mol. The van der Waals surface area contributed by atoms with Crippen molar-refractivity contribution < 1.29 is 80.4 Å². The second kappa shape index (κ2) is 44.4. The normalized spacial score (nSPS) is 12.8. The summed E-state index contributed by atoms with van der Waals surface area (Å²) in [5.41, 5.74) is 31.9. The number of aromatic nitrogens is 24. The number of hydrogen-bond acceptors (Lipinski definition) is 16. The molecule has 20 aromatic rings. The standard InChI is InChI=1S/C19H18N3.C18H16N3.2C17H14N3.4C10H8N3.4Ir/c1-13(2)18-12-21-19-16-11-20-17(14-6-4-3-5-7-14)10-15(16)8-9-22(18)19;1-2-15-11-20-18-16-12-19-17(13-6-4-3-5-7-13)10-14(16)8-9-21(15)18;1-12-10-19-17-15-11-18-16(13-5-3-2-4-6-13)9-14(15)7-8-20(12)17;1-12-11-18-17-14-7-8-15(13-5-3-2-4-6-13)19-16(14)9-10-20(12)17;3*1-3-11-7-9-8(1)2-5-13-6-4-12-10(9)13;1-2-8-9(11-4-1)3-6-13-7-5-12-10(8)13;;;;/h3-7,10,12-13H,8-9H2,1-2H3;3-7,10-11H,2,8-9H2,1H3;2-6,9-10H,7-8H2,1H3;2-6,8,11H,9-10H2,1H3;3*1,3-4,6H,2,5H2;1,4-5,7H,3,6H2;;;;/q8*-1;;;;. The minimum atomic E-state index is 0. The van der Waals surface area contributed by atoms with E-state index in [0.717, 1.165) is 258 Å². The summed E-state index contributed by atoms with van der Waals surface area (Å²) >= 11 is 0. The number of pyridine rings is 8. The van der Waals surface area contributed by atoms with Crippen molar-refractivity contribution in [2.45, 2.75) is 151 Å². The van der Waals surface area contributed by atoms with E-state index in [1.807, 2.05) is 177 Å². The van der Waals surface area contributed by atoms with Crippen LogP contribution in [0.2, 0.25) is 0 Å². The average Bonchev–Trinajstić information content (AvgIpc) is 1.70. The maximum absolute atomic E-state index is 4.81. The summed E-state index contributed by atoms with van der Waals surface area (Å²) in [4.78, 5) is 70.0. The monoisotopic (exact) mass is 2530 g/mol. The summed E-state index contributed by atoms with van der Waals surface area (Å²) in [5.74, 6) is 8.48. The van der Waals surface area contributed by atoms with Gasteiger partial charge in [-0.05, 0) is 171 Å². The summed E-state index contributed by atoms with van der Waals surface area (Å²) < 4.78 is 17.6. The second-order valence-corrected chi connectivity index (χ2v) is 34.2. The largest absolute Gasteiger partial charge is 0.371 e. The minimum Gasteiger partial charge on any atom is -0.371 e. The first-order chi connectivity index (χ1) is 66.6. The molecule has 0 unspecified atom stereocenters. The maximum Gasteiger partial charge on any atom is 0.0577 e. The van der Waals surface area contributed by atoms with Crippen LogP contribution in [0.15, 0.2) is 269 Å². The zero-order valence-electron chi connectivity index (χ0n) is 77.1. The number of fused-ring (bicyclic) bond motifs is 24. The Kier molecular flexibility index (Phi) is 31.0. The first kappa shape index (κ1) is 97.0. The average molecular weight is 2530 g/mol. The van der Waals surface area contributed by atoms with Crippen molar-refractivity contribution in [2.75, 3.05) is 0 Å². The van der Waals surface area contributed by atoms with Crippen LogP contribution < -0.4 is 0 Å². The van der Waals surface area contributed by atoms with Crippen LogP contribution in [0, 0.1) is 63.2 Å². The van der Waals surface area contributed by atoms with Crippen LogP contribution in [0.25, 0.3) is 136 Å². The molecule has 4 radical (unpaired) electrons. The Hall–Kier alpha value is -13.6. The van der Waals surface area contributed by atoms with Gasteiger partial charge in [0.2, 0.25) is 0 Å². The van der Waals surface area contributed by atoms with E-state index < -0.39 is 0 Å². The predicted octanol–water partition coefficient (Wildman–Crippen LogP) is 19.4. The molecule has 0 N–H and O–H groups in total. The van der Waals surface area contributed by atoms with E-state index in [2.05, 4.69) is 262 Å². The van der Waals surface area contributed by atoms with Gasteiger partial charge >= 0.3 is 0 Å². The Balaban J connectivity index is 0.000000110. The SMILES string of the molecule is CC(C)c1cnc2n1CCc1cc(-c3ccccc3)n[c-]c1-2.CCc1cnc2n1CCc1cc(-c3ccccc3)n[c-]c1-2.Cc1cnc2n1CCc1cc(-c3ccccc3)n[c-]c1-2.Cc1cnc2n1CCc1nc(-c3ccccc3)c[c-]c1-2.[Ir].[Ir].[Ir].[Ir].[c-]1ccnc2c1-c1nccn1CC2.[c-]1nccc2c1-c1nccn1CC2.[c-]1nccc2c1-c1nccn1CC2.[c-]1nccc2c1-c1nccn1CC2. The number of imidazole rings is 8. The summed E-state index contributed by atoms with van der Waals surface area (Å²) in [5, 5.41) is 0. The molecule has 0 spiro atoms. The van der Waals surface area contributed by atoms with Gasteiger partial charge in [-0.3, -0.25) is 39.9 Å². The van der Waals surface area contributed by atoms with Crippen molar-refractivity contribution in [3.8, 4) is 136 Å². The van der Waals surface area contributed by atoms with E-state index in [-0.39, 0.29) is 80.4 Å². The number of hydrogen-bond donors (Lipinski definition) is 0. The molecule has 16 aromatic heterocycles. The van der Waals surface area contributed by atoms with Crippen molar-refractivity contribution in [3.05, 3.63) is 386 Å². The third-order valence-corrected chi connectivity index (χ3v) is 25.7. The second-order valence-electron chi connectivity index (χ2n) is 34.2. The number of nitrogens with zero attached hydrogens (tertiary/aromatic N) is 24. The van der Waals surface area contributed by atoms with Crippen LogP contribution in [-0.4, -0.2) is 116 Å². The topological polar surface area (TPSA) is 246 Å². The summed E-state index contributed by atoms with van der Waals surface area (Å²) in [6, 6.07) is 64.1. The summed E-state index contributed by atoms with van der Waals surface area (Å²) in [6.07, 6.45) is 58.0. The molecule has 8 aliphatic rings. The molecule has 28 heteroatoms. The number of aryl methyl sites for hydroxylation is 15. The molecule has 0 fully saturated rings. The van der Waals surface area contributed by atoms with E-state index in [0.29, 0.717) is 5.92 Å². The molecule has 8 aliphatic heterocycles. The molecule has 0 saturated carbocycles. The fourth-order valence-electron chi connectivity index (χ4n) is 18.6. The van der Waals surface area contributed by atoms with Crippen LogP contribution >= 0.6 is 0 Å². The molecule has 4 aromatic carbocycles. The Labute approximate surface area is 862 Å². The first-order valence-corrected chi connectivity index (χ1v) is 46.1. The molecule has 0 aliphatic carbocycles. The smallest absolute Gasteiger partial charge is 0.0577 e. The Bertz CT molecular complexity index is 7120. The third-order valence-electron chi connectivity index (χ3n) is 25.7. The van der Waals surface area contributed by atoms with Gasteiger partial charge in [0.25, 0.3) is 0 Å². The summed E-state index contributed by atoms with van der Waals surface area (Å²) in [7, 11) is 0. The van der Waals surface area contributed by atoms with Crippen molar-refractivity contribution >= 4 is 0 Å². The predicted molar refractivity (Wildman–Crippen MR) is 519 cm³/mol. The minimum absolute atomic E-state index is 0. The van der Waals surface area contributed by atoms with E-state index in [4.69, 9.17) is 4.98 Å². The van der Waals surface area contributed by atoms with Gasteiger partial charge in [0.1, 0.15) is 0 Å². The first-order valence-electron chi connectivity index (χ1n) is 46.1. The van der Waals surface area contributed by atoms with E-state index in [1.54, 1.807) is 24.8 Å². The van der Waals surface area contributed by atoms with Gasteiger partial charge in [0.15, 0.2) is 0 Å². The van der Waals surface area contributed by atoms with Crippen LogP contribution in [0.4, 0.5) is 0 Å². The molecule has 24 heterocycles. The van der Waals surface area contributed by atoms with E-state index >= 15 is 0 Å². The molecule has 0 atom stereocenters. The fourth-order valence-corrected chi connectivity index (χ4v) is 18.6. The van der Waals surface area contributed by atoms with Crippen LogP contribution in [0.5, 0.6) is 0 Å². The van der Waals surface area contributed by atoms with E-state index in [1.165, 1.54) is 56.2 Å². The van der Waals surface area contributed by atoms with E-state index in [9.17, 15) is 0 Å². The van der Waals surface area contributed by atoms with Crippen LogP contribution in [-0.2, 0) is 191 Å². The van der Waals surface area contributed by atoms with Crippen molar-refractivity contribution in [3.63, 3.8) is 0 Å². The summed E-state index contributed by atoms with van der Waals surface area (Å²) in [6.45, 7) is 18.7. The van der Waals surface area contributed by atoms with Crippen LogP contribution in [0.3, 0.4) is 0 Å². The van der Waals surface area contributed by atoms with Crippen molar-refractivity contribution in [2.24, 2.45) is 0 Å². The molecule has 0 bridgehead atoms.